The van der Waals surface area contributed by atoms with Crippen LogP contribution in [0.5, 0.6) is 0 Å². The standard InChI is InChI=1S/C22H24ClNO3/c1-3-5-8-16-11-13-17(14-12-16)24-15-19(22(26)27-4-2)21(25)18-9-6-7-10-20(18)23/h6-7,9-15,25H,3-5,8H2,1-2H3. The average Bonchev–Trinajstić information content (AvgIpc) is 2.68. The van der Waals surface area contributed by atoms with Crippen LogP contribution in [-0.2, 0) is 16.0 Å². The van der Waals surface area contributed by atoms with E-state index in [9.17, 15) is 9.90 Å². The summed E-state index contributed by atoms with van der Waals surface area (Å²) in [6.07, 6.45) is 4.64. The number of esters is 1. The molecule has 0 aliphatic carbocycles. The van der Waals surface area contributed by atoms with Crippen molar-refractivity contribution in [2.45, 2.75) is 33.1 Å². The molecule has 0 aromatic heterocycles. The van der Waals surface area contributed by atoms with E-state index >= 15 is 0 Å². The zero-order valence-electron chi connectivity index (χ0n) is 15.6. The zero-order chi connectivity index (χ0) is 19.6. The summed E-state index contributed by atoms with van der Waals surface area (Å²) < 4.78 is 5.05. The molecule has 0 heterocycles. The molecular weight excluding hydrogens is 362 g/mol. The molecule has 0 unspecified atom stereocenters. The number of aliphatic hydroxyl groups is 1. The third-order valence-electron chi connectivity index (χ3n) is 3.98. The lowest BCUT2D eigenvalue weighted by Gasteiger charge is -2.08. The number of carbonyl (C=O) groups excluding carboxylic acids is 1. The van der Waals surface area contributed by atoms with Crippen molar-refractivity contribution in [1.29, 1.82) is 0 Å². The highest BCUT2D eigenvalue weighted by Gasteiger charge is 2.18. The van der Waals surface area contributed by atoms with Gasteiger partial charge in [0.15, 0.2) is 0 Å². The summed E-state index contributed by atoms with van der Waals surface area (Å²) in [4.78, 5) is 16.6. The van der Waals surface area contributed by atoms with Gasteiger partial charge in [-0.15, -0.1) is 0 Å². The minimum atomic E-state index is -0.654. The van der Waals surface area contributed by atoms with Crippen molar-refractivity contribution in [3.63, 3.8) is 0 Å². The highest BCUT2D eigenvalue weighted by atomic mass is 35.5. The molecule has 0 amide bonds. The predicted molar refractivity (Wildman–Crippen MR) is 111 cm³/mol. The Kier molecular flexibility index (Phi) is 8.08. The van der Waals surface area contributed by atoms with E-state index in [1.807, 2.05) is 24.3 Å². The van der Waals surface area contributed by atoms with Gasteiger partial charge in [0.1, 0.15) is 11.3 Å². The minimum Gasteiger partial charge on any atom is -0.506 e. The molecule has 0 saturated carbocycles. The van der Waals surface area contributed by atoms with Crippen LogP contribution in [0.3, 0.4) is 0 Å². The van der Waals surface area contributed by atoms with Gasteiger partial charge in [-0.3, -0.25) is 4.99 Å². The van der Waals surface area contributed by atoms with E-state index < -0.39 is 5.97 Å². The predicted octanol–water partition coefficient (Wildman–Crippen LogP) is 5.92. The maximum absolute atomic E-state index is 12.3. The molecule has 1 N–H and O–H groups in total. The van der Waals surface area contributed by atoms with E-state index in [0.717, 1.165) is 19.3 Å². The van der Waals surface area contributed by atoms with Crippen LogP contribution in [0.1, 0.15) is 37.8 Å². The average molecular weight is 386 g/mol. The first kappa shape index (κ1) is 20.7. The normalized spacial score (nSPS) is 12.1. The Balaban J connectivity index is 2.32. The number of benzene rings is 2. The molecule has 2 aromatic carbocycles. The number of aliphatic imine (C=N–C) groups is 1. The Hall–Kier alpha value is -2.59. The Morgan fingerprint density at radius 2 is 1.85 bits per heavy atom. The number of aliphatic hydroxyl groups excluding tert-OH is 1. The summed E-state index contributed by atoms with van der Waals surface area (Å²) in [6.45, 7) is 4.06. The van der Waals surface area contributed by atoms with Crippen molar-refractivity contribution < 1.29 is 14.6 Å². The summed E-state index contributed by atoms with van der Waals surface area (Å²) in [5, 5.41) is 10.9. The Morgan fingerprint density at radius 3 is 2.48 bits per heavy atom. The van der Waals surface area contributed by atoms with Gasteiger partial charge in [0, 0.05) is 11.8 Å². The molecule has 0 fully saturated rings. The Labute approximate surface area is 165 Å². The Bertz CT molecular complexity index is 826. The van der Waals surface area contributed by atoms with Crippen LogP contribution >= 0.6 is 11.6 Å². The van der Waals surface area contributed by atoms with Crippen LogP contribution < -0.4 is 0 Å². The van der Waals surface area contributed by atoms with Gasteiger partial charge in [-0.25, -0.2) is 4.79 Å². The molecule has 2 rings (SSSR count). The Morgan fingerprint density at radius 1 is 1.15 bits per heavy atom. The summed E-state index contributed by atoms with van der Waals surface area (Å²) in [5.74, 6) is -0.916. The molecule has 2 aromatic rings. The van der Waals surface area contributed by atoms with Crippen LogP contribution in [-0.4, -0.2) is 23.9 Å². The third-order valence-corrected chi connectivity index (χ3v) is 4.31. The van der Waals surface area contributed by atoms with Crippen LogP contribution in [0.2, 0.25) is 5.02 Å². The summed E-state index contributed by atoms with van der Waals surface area (Å²) in [6, 6.07) is 14.6. The quantitative estimate of drug-likeness (QED) is 0.265. The number of ether oxygens (including phenoxy) is 1. The SMILES string of the molecule is CCCCc1ccc(N=CC(C(=O)OCC)=C(O)c2ccccc2Cl)cc1. The monoisotopic (exact) mass is 385 g/mol. The summed E-state index contributed by atoms with van der Waals surface area (Å²) in [5.41, 5.74) is 2.24. The van der Waals surface area contributed by atoms with E-state index in [4.69, 9.17) is 16.3 Å². The number of unbranched alkanes of at least 4 members (excludes halogenated alkanes) is 1. The molecule has 0 spiro atoms. The van der Waals surface area contributed by atoms with E-state index in [1.54, 1.807) is 31.2 Å². The fourth-order valence-electron chi connectivity index (χ4n) is 2.49. The van der Waals surface area contributed by atoms with E-state index in [2.05, 4.69) is 11.9 Å². The summed E-state index contributed by atoms with van der Waals surface area (Å²) in [7, 11) is 0. The number of carbonyl (C=O) groups is 1. The molecule has 4 nitrogen and oxygen atoms in total. The molecule has 0 bridgehead atoms. The van der Waals surface area contributed by atoms with Crippen LogP contribution in [0, 0.1) is 0 Å². The van der Waals surface area contributed by atoms with Crippen LogP contribution in [0.25, 0.3) is 5.76 Å². The molecule has 5 heteroatoms. The fourth-order valence-corrected chi connectivity index (χ4v) is 2.71. The number of hydrogen-bond donors (Lipinski definition) is 1. The molecule has 0 saturated heterocycles. The molecule has 0 aliphatic heterocycles. The number of nitrogens with zero attached hydrogens (tertiary/aromatic N) is 1. The van der Waals surface area contributed by atoms with E-state index in [0.29, 0.717) is 16.3 Å². The zero-order valence-corrected chi connectivity index (χ0v) is 16.4. The third kappa shape index (κ3) is 5.97. The van der Waals surface area contributed by atoms with Crippen molar-refractivity contribution in [1.82, 2.24) is 0 Å². The van der Waals surface area contributed by atoms with Gasteiger partial charge in [-0.1, -0.05) is 49.2 Å². The van der Waals surface area contributed by atoms with Gasteiger partial charge in [-0.2, -0.15) is 0 Å². The van der Waals surface area contributed by atoms with Crippen LogP contribution in [0.15, 0.2) is 59.1 Å². The number of hydrogen-bond acceptors (Lipinski definition) is 4. The lowest BCUT2D eigenvalue weighted by molar-refractivity contribution is -0.137. The van der Waals surface area contributed by atoms with Gasteiger partial charge in [0.2, 0.25) is 0 Å². The lowest BCUT2D eigenvalue weighted by atomic mass is 10.1. The van der Waals surface area contributed by atoms with E-state index in [-0.39, 0.29) is 17.9 Å². The van der Waals surface area contributed by atoms with Gasteiger partial charge in [0.25, 0.3) is 0 Å². The van der Waals surface area contributed by atoms with Crippen molar-refractivity contribution >= 4 is 35.2 Å². The van der Waals surface area contributed by atoms with Crippen LogP contribution in [0.4, 0.5) is 5.69 Å². The smallest absolute Gasteiger partial charge is 0.343 e. The molecule has 0 atom stereocenters. The number of rotatable bonds is 8. The second kappa shape index (κ2) is 10.5. The van der Waals surface area contributed by atoms with Crippen molar-refractivity contribution in [3.8, 4) is 0 Å². The first-order valence-electron chi connectivity index (χ1n) is 9.05. The first-order valence-corrected chi connectivity index (χ1v) is 9.42. The lowest BCUT2D eigenvalue weighted by Crippen LogP contribution is -2.11. The van der Waals surface area contributed by atoms with Gasteiger partial charge < -0.3 is 9.84 Å². The highest BCUT2D eigenvalue weighted by molar-refractivity contribution is 6.32. The molecule has 142 valence electrons. The van der Waals surface area contributed by atoms with Gasteiger partial charge in [0.05, 0.1) is 17.3 Å². The van der Waals surface area contributed by atoms with E-state index in [1.165, 1.54) is 11.8 Å². The molecule has 0 radical (unpaired) electrons. The maximum Gasteiger partial charge on any atom is 0.343 e. The second-order valence-electron chi connectivity index (χ2n) is 5.99. The van der Waals surface area contributed by atoms with Crippen molar-refractivity contribution in [2.75, 3.05) is 6.61 Å². The number of aryl methyl sites for hydroxylation is 1. The second-order valence-corrected chi connectivity index (χ2v) is 6.40. The number of halogens is 1. The molecular formula is C22H24ClNO3. The van der Waals surface area contributed by atoms with Gasteiger partial charge >= 0.3 is 5.97 Å². The molecule has 27 heavy (non-hydrogen) atoms. The highest BCUT2D eigenvalue weighted by Crippen LogP contribution is 2.25. The first-order chi connectivity index (χ1) is 13.1. The fraction of sp³-hybridized carbons (Fsp3) is 0.273. The van der Waals surface area contributed by atoms with Crippen molar-refractivity contribution in [2.24, 2.45) is 4.99 Å². The van der Waals surface area contributed by atoms with Crippen molar-refractivity contribution in [3.05, 3.63) is 70.3 Å². The summed E-state index contributed by atoms with van der Waals surface area (Å²) >= 11 is 6.13. The maximum atomic E-state index is 12.3. The minimum absolute atomic E-state index is 0.0417. The largest absolute Gasteiger partial charge is 0.506 e. The van der Waals surface area contributed by atoms with Gasteiger partial charge in [-0.05, 0) is 49.6 Å². The topological polar surface area (TPSA) is 58.9 Å². The molecule has 0 aliphatic rings.